The minimum absolute atomic E-state index is 0. The zero-order valence-electron chi connectivity index (χ0n) is 27.6. The molecule has 0 unspecified atom stereocenters. The van der Waals surface area contributed by atoms with Crippen LogP contribution in [0, 0.1) is 24.5 Å². The molecule has 9 heteroatoms. The molecule has 0 heterocycles. The van der Waals surface area contributed by atoms with Crippen LogP contribution >= 0.6 is 11.8 Å². The number of carbonyl (C=O) groups is 2. The summed E-state index contributed by atoms with van der Waals surface area (Å²) in [7, 11) is 0. The third kappa shape index (κ3) is 10.7. The molecule has 1 aliphatic rings. The van der Waals surface area contributed by atoms with Crippen molar-refractivity contribution in [1.82, 2.24) is 10.2 Å². The Bertz CT molecular complexity index is 1430. The number of nitrogens with one attached hydrogen (secondary N) is 1. The van der Waals surface area contributed by atoms with Gasteiger partial charge in [0.05, 0.1) is 12.0 Å². The van der Waals surface area contributed by atoms with Crippen LogP contribution < -0.4 is 29.3 Å². The number of carbonyl (C=O) groups excluding carboxylic acids is 2. The van der Waals surface area contributed by atoms with Crippen molar-refractivity contribution in [3.8, 4) is 11.1 Å². The Morgan fingerprint density at radius 3 is 2.26 bits per heavy atom. The number of amides is 1. The van der Waals surface area contributed by atoms with Gasteiger partial charge < -0.3 is 15.2 Å². The predicted molar refractivity (Wildman–Crippen MR) is 177 cm³/mol. The predicted octanol–water partition coefficient (Wildman–Crippen LogP) is 4.30. The SMILES string of the molecule is CC[C@H](CC1CCCCC1)N(Cc1cc(F)cc(F)c1)Cc1ccc(C(=O)N[C@@H](CCSC)C(=O)[O-])c(-c2ccccc2C)c1.[Li+]. The zero-order valence-corrected chi connectivity index (χ0v) is 28.4. The van der Waals surface area contributed by atoms with E-state index in [9.17, 15) is 23.5 Å². The molecule has 242 valence electrons. The van der Waals surface area contributed by atoms with E-state index >= 15 is 0 Å². The summed E-state index contributed by atoms with van der Waals surface area (Å²) < 4.78 is 28.5. The summed E-state index contributed by atoms with van der Waals surface area (Å²) in [4.78, 5) is 27.7. The number of halogens is 2. The fourth-order valence-corrected chi connectivity index (χ4v) is 7.04. The molecule has 0 aromatic heterocycles. The van der Waals surface area contributed by atoms with E-state index in [0.717, 1.165) is 35.6 Å². The standard InChI is InChI=1S/C37H46F2N2O3S.Li/c1-4-31(20-26-11-6-5-7-12-26)41(24-28-18-29(38)22-30(39)19-28)23-27-14-15-33(34(21-27)32-13-9-8-10-25(32)2)36(42)40-35(37(43)44)16-17-45-3;/h8-10,13-15,18-19,21-22,26,31,35H,4-7,11-12,16-17,20,23-24H2,1-3H3,(H,40,42)(H,43,44);/q;+1/p-1/t31-,35+;/m1./s1. The number of nitrogens with zero attached hydrogens (tertiary/aromatic N) is 1. The van der Waals surface area contributed by atoms with Crippen LogP contribution in [0.25, 0.3) is 11.1 Å². The van der Waals surface area contributed by atoms with E-state index in [-0.39, 0.29) is 31.3 Å². The summed E-state index contributed by atoms with van der Waals surface area (Å²) in [6.07, 6.45) is 10.3. The molecule has 5 nitrogen and oxygen atoms in total. The first-order valence-electron chi connectivity index (χ1n) is 16.1. The Morgan fingerprint density at radius 2 is 1.63 bits per heavy atom. The molecule has 1 amide bonds. The van der Waals surface area contributed by atoms with Gasteiger partial charge in [0.1, 0.15) is 11.6 Å². The molecule has 0 radical (unpaired) electrons. The van der Waals surface area contributed by atoms with Gasteiger partial charge in [0.2, 0.25) is 0 Å². The number of hydrogen-bond donors (Lipinski definition) is 1. The molecule has 0 aliphatic heterocycles. The molecule has 46 heavy (non-hydrogen) atoms. The third-order valence-corrected chi connectivity index (χ3v) is 9.62. The average Bonchev–Trinajstić information content (AvgIpc) is 3.01. The van der Waals surface area contributed by atoms with Crippen LogP contribution in [0.3, 0.4) is 0 Å². The quantitative estimate of drug-likeness (QED) is 0.251. The number of hydrogen-bond acceptors (Lipinski definition) is 5. The molecule has 0 spiro atoms. The second kappa shape index (κ2) is 18.6. The van der Waals surface area contributed by atoms with E-state index in [2.05, 4.69) is 17.1 Å². The number of carboxylic acid groups (broad SMARTS) is 1. The number of benzene rings is 3. The smallest absolute Gasteiger partial charge is 0.548 e. The largest absolute Gasteiger partial charge is 1.00 e. The average molecular weight is 643 g/mol. The molecule has 0 saturated heterocycles. The van der Waals surface area contributed by atoms with Crippen molar-refractivity contribution in [2.24, 2.45) is 5.92 Å². The molecular weight excluding hydrogens is 597 g/mol. The summed E-state index contributed by atoms with van der Waals surface area (Å²) in [6, 6.07) is 16.3. The Kier molecular flexibility index (Phi) is 15.3. The number of thioether (sulfide) groups is 1. The number of carboxylic acids is 1. The van der Waals surface area contributed by atoms with Crippen LogP contribution in [-0.2, 0) is 17.9 Å². The first-order chi connectivity index (χ1) is 21.7. The molecule has 1 N–H and O–H groups in total. The minimum Gasteiger partial charge on any atom is -0.548 e. The Labute approximate surface area is 289 Å². The molecule has 4 rings (SSSR count). The van der Waals surface area contributed by atoms with Crippen molar-refractivity contribution in [3.63, 3.8) is 0 Å². The van der Waals surface area contributed by atoms with Crippen molar-refractivity contribution in [3.05, 3.63) is 94.6 Å². The van der Waals surface area contributed by atoms with Crippen LogP contribution in [0.15, 0.2) is 60.7 Å². The molecule has 3 aromatic carbocycles. The fraction of sp³-hybridized carbons (Fsp3) is 0.459. The monoisotopic (exact) mass is 642 g/mol. The van der Waals surface area contributed by atoms with Gasteiger partial charge in [-0.15, -0.1) is 0 Å². The topological polar surface area (TPSA) is 72.5 Å². The maximum atomic E-state index is 14.2. The van der Waals surface area contributed by atoms with E-state index < -0.39 is 29.6 Å². The summed E-state index contributed by atoms with van der Waals surface area (Å²) in [6.45, 7) is 5.07. The van der Waals surface area contributed by atoms with Crippen LogP contribution in [0.4, 0.5) is 8.78 Å². The van der Waals surface area contributed by atoms with Gasteiger partial charge in [-0.2, -0.15) is 11.8 Å². The molecule has 3 aromatic rings. The molecule has 0 bridgehead atoms. The first kappa shape index (κ1) is 37.8. The van der Waals surface area contributed by atoms with Crippen molar-refractivity contribution in [2.45, 2.75) is 90.4 Å². The maximum Gasteiger partial charge on any atom is 1.00 e. The number of rotatable bonds is 15. The Morgan fingerprint density at radius 1 is 0.957 bits per heavy atom. The van der Waals surface area contributed by atoms with Gasteiger partial charge in [-0.3, -0.25) is 9.69 Å². The number of aliphatic carboxylic acids is 1. The van der Waals surface area contributed by atoms with Crippen LogP contribution in [0.2, 0.25) is 0 Å². The molecule has 1 fully saturated rings. The first-order valence-corrected chi connectivity index (χ1v) is 17.5. The van der Waals surface area contributed by atoms with Gasteiger partial charge in [0.25, 0.3) is 5.91 Å². The Balaban J connectivity index is 0.00000576. The summed E-state index contributed by atoms with van der Waals surface area (Å²) in [5, 5.41) is 14.5. The van der Waals surface area contributed by atoms with Gasteiger partial charge in [0, 0.05) is 30.8 Å². The van der Waals surface area contributed by atoms with E-state index in [1.165, 1.54) is 56.0 Å². The van der Waals surface area contributed by atoms with Crippen molar-refractivity contribution < 1.29 is 42.3 Å². The summed E-state index contributed by atoms with van der Waals surface area (Å²) in [5.41, 5.74) is 4.51. The van der Waals surface area contributed by atoms with Gasteiger partial charge in [-0.05, 0) is 96.2 Å². The minimum atomic E-state index is -1.31. The maximum absolute atomic E-state index is 14.2. The van der Waals surface area contributed by atoms with Crippen LogP contribution in [0.1, 0.15) is 85.3 Å². The van der Waals surface area contributed by atoms with Crippen molar-refractivity contribution >= 4 is 23.6 Å². The van der Waals surface area contributed by atoms with E-state index in [4.69, 9.17) is 0 Å². The van der Waals surface area contributed by atoms with E-state index in [1.54, 1.807) is 6.07 Å². The van der Waals surface area contributed by atoms with Crippen LogP contribution in [0.5, 0.6) is 0 Å². The van der Waals surface area contributed by atoms with E-state index in [1.807, 2.05) is 49.6 Å². The Hall–Kier alpha value is -2.63. The van der Waals surface area contributed by atoms with Gasteiger partial charge in [-0.1, -0.05) is 69.4 Å². The van der Waals surface area contributed by atoms with E-state index in [0.29, 0.717) is 41.5 Å². The molecule has 1 aliphatic carbocycles. The van der Waals surface area contributed by atoms with Gasteiger partial charge in [-0.25, -0.2) is 8.78 Å². The van der Waals surface area contributed by atoms with Crippen molar-refractivity contribution in [2.75, 3.05) is 12.0 Å². The third-order valence-electron chi connectivity index (χ3n) is 8.98. The zero-order chi connectivity index (χ0) is 32.3. The molecular formula is C37H45F2LiN2O3S. The van der Waals surface area contributed by atoms with Crippen LogP contribution in [-0.4, -0.2) is 40.9 Å². The van der Waals surface area contributed by atoms with Gasteiger partial charge >= 0.3 is 18.9 Å². The summed E-state index contributed by atoms with van der Waals surface area (Å²) >= 11 is 1.51. The fourth-order valence-electron chi connectivity index (χ4n) is 6.57. The normalized spacial score (nSPS) is 14.8. The second-order valence-electron chi connectivity index (χ2n) is 12.3. The molecule has 1 saturated carbocycles. The second-order valence-corrected chi connectivity index (χ2v) is 13.3. The summed E-state index contributed by atoms with van der Waals surface area (Å²) in [5.74, 6) is -1.74. The molecule has 2 atom stereocenters. The number of aryl methyl sites for hydroxylation is 1. The van der Waals surface area contributed by atoms with Gasteiger partial charge in [0.15, 0.2) is 0 Å². The van der Waals surface area contributed by atoms with Crippen molar-refractivity contribution in [1.29, 1.82) is 0 Å².